The van der Waals surface area contributed by atoms with E-state index in [0.717, 1.165) is 11.7 Å². The van der Waals surface area contributed by atoms with Gasteiger partial charge in [0.15, 0.2) is 0 Å². The van der Waals surface area contributed by atoms with E-state index in [1.54, 1.807) is 7.11 Å². The van der Waals surface area contributed by atoms with Crippen molar-refractivity contribution < 1.29 is 4.74 Å². The van der Waals surface area contributed by atoms with Gasteiger partial charge in [-0.3, -0.25) is 0 Å². The van der Waals surface area contributed by atoms with Gasteiger partial charge in [0.1, 0.15) is 5.75 Å². The summed E-state index contributed by atoms with van der Waals surface area (Å²) in [4.78, 5) is 2.65. The average Bonchev–Trinajstić information content (AvgIpc) is 2.48. The van der Waals surface area contributed by atoms with Crippen LogP contribution in [0.5, 0.6) is 5.75 Å². The second-order valence-corrected chi connectivity index (χ2v) is 6.16. The number of piperidine rings is 1. The molecular weight excluding hydrogens is 246 g/mol. The normalized spacial score (nSPS) is 23.8. The standard InChI is InChI=1S/C18H29NO/c1-4-5-6-11-19-12-10-18(15(2)14-19)16-8-7-9-17(13-16)20-3/h7-9,13,15,18H,4-6,10-12,14H2,1-3H3/t15-,18?/m0/s1. The molecule has 1 aliphatic rings. The van der Waals surface area contributed by atoms with Crippen molar-refractivity contribution in [3.63, 3.8) is 0 Å². The number of likely N-dealkylation sites (tertiary alicyclic amines) is 1. The number of methoxy groups -OCH3 is 1. The Morgan fingerprint density at radius 1 is 1.30 bits per heavy atom. The van der Waals surface area contributed by atoms with Crippen LogP contribution in [0.3, 0.4) is 0 Å². The van der Waals surface area contributed by atoms with Crippen molar-refractivity contribution in [2.75, 3.05) is 26.7 Å². The number of nitrogens with zero attached hydrogens (tertiary/aromatic N) is 1. The average molecular weight is 275 g/mol. The van der Waals surface area contributed by atoms with Crippen LogP contribution in [0.2, 0.25) is 0 Å². The fourth-order valence-corrected chi connectivity index (χ4v) is 3.39. The first kappa shape index (κ1) is 15.4. The van der Waals surface area contributed by atoms with Gasteiger partial charge in [-0.05, 0) is 55.5 Å². The van der Waals surface area contributed by atoms with Crippen LogP contribution in [0.1, 0.15) is 51.0 Å². The highest BCUT2D eigenvalue weighted by Crippen LogP contribution is 2.34. The quantitative estimate of drug-likeness (QED) is 0.717. The predicted octanol–water partition coefficient (Wildman–Crippen LogP) is 4.31. The molecule has 112 valence electrons. The molecule has 0 amide bonds. The van der Waals surface area contributed by atoms with Crippen molar-refractivity contribution >= 4 is 0 Å². The summed E-state index contributed by atoms with van der Waals surface area (Å²) in [6.45, 7) is 8.44. The first-order valence-electron chi connectivity index (χ1n) is 8.11. The zero-order chi connectivity index (χ0) is 14.4. The van der Waals surface area contributed by atoms with E-state index in [1.807, 2.05) is 6.07 Å². The van der Waals surface area contributed by atoms with Crippen molar-refractivity contribution in [1.82, 2.24) is 4.90 Å². The highest BCUT2D eigenvalue weighted by molar-refractivity contribution is 5.31. The molecule has 1 unspecified atom stereocenters. The third-order valence-corrected chi connectivity index (χ3v) is 4.59. The van der Waals surface area contributed by atoms with Crippen LogP contribution in [0.15, 0.2) is 24.3 Å². The minimum atomic E-state index is 0.688. The molecule has 2 heteroatoms. The first-order chi connectivity index (χ1) is 9.74. The van der Waals surface area contributed by atoms with Gasteiger partial charge >= 0.3 is 0 Å². The Bertz CT molecular complexity index is 404. The van der Waals surface area contributed by atoms with Gasteiger partial charge in [-0.15, -0.1) is 0 Å². The lowest BCUT2D eigenvalue weighted by atomic mass is 9.81. The van der Waals surface area contributed by atoms with Crippen molar-refractivity contribution in [3.05, 3.63) is 29.8 Å². The molecule has 2 rings (SSSR count). The van der Waals surface area contributed by atoms with Gasteiger partial charge in [0.2, 0.25) is 0 Å². The number of rotatable bonds is 6. The molecule has 0 N–H and O–H groups in total. The van der Waals surface area contributed by atoms with E-state index in [0.29, 0.717) is 5.92 Å². The molecule has 1 saturated heterocycles. The summed E-state index contributed by atoms with van der Waals surface area (Å²) in [5.41, 5.74) is 1.45. The van der Waals surface area contributed by atoms with Crippen molar-refractivity contribution in [2.24, 2.45) is 5.92 Å². The molecular formula is C18H29NO. The smallest absolute Gasteiger partial charge is 0.119 e. The highest BCUT2D eigenvalue weighted by Gasteiger charge is 2.27. The molecule has 0 aromatic heterocycles. The molecule has 0 saturated carbocycles. The van der Waals surface area contributed by atoms with Crippen molar-refractivity contribution in [2.45, 2.75) is 45.4 Å². The second kappa shape index (κ2) is 7.68. The van der Waals surface area contributed by atoms with E-state index in [9.17, 15) is 0 Å². The monoisotopic (exact) mass is 275 g/mol. The molecule has 1 heterocycles. The summed E-state index contributed by atoms with van der Waals surface area (Å²) < 4.78 is 5.36. The lowest BCUT2D eigenvalue weighted by Gasteiger charge is -2.37. The van der Waals surface area contributed by atoms with Crippen LogP contribution < -0.4 is 4.74 Å². The molecule has 0 bridgehead atoms. The van der Waals surface area contributed by atoms with E-state index < -0.39 is 0 Å². The van der Waals surface area contributed by atoms with E-state index in [1.165, 1.54) is 50.9 Å². The van der Waals surface area contributed by atoms with Crippen LogP contribution in [0.4, 0.5) is 0 Å². The molecule has 1 aromatic rings. The van der Waals surface area contributed by atoms with Gasteiger partial charge in [0.05, 0.1) is 7.11 Å². The second-order valence-electron chi connectivity index (χ2n) is 6.16. The van der Waals surface area contributed by atoms with Crippen molar-refractivity contribution in [1.29, 1.82) is 0 Å². The minimum Gasteiger partial charge on any atom is -0.497 e. The van der Waals surface area contributed by atoms with Crippen LogP contribution in [0, 0.1) is 5.92 Å². The maximum atomic E-state index is 5.36. The molecule has 1 fully saturated rings. The van der Waals surface area contributed by atoms with Gasteiger partial charge in [0.25, 0.3) is 0 Å². The third-order valence-electron chi connectivity index (χ3n) is 4.59. The fourth-order valence-electron chi connectivity index (χ4n) is 3.39. The van der Waals surface area contributed by atoms with Crippen LogP contribution in [0.25, 0.3) is 0 Å². The summed E-state index contributed by atoms with van der Waals surface area (Å²) >= 11 is 0. The van der Waals surface area contributed by atoms with Gasteiger partial charge in [-0.1, -0.05) is 38.8 Å². The van der Waals surface area contributed by atoms with Crippen LogP contribution >= 0.6 is 0 Å². The molecule has 1 aromatic carbocycles. The Balaban J connectivity index is 1.92. The Kier molecular flexibility index (Phi) is 5.90. The largest absolute Gasteiger partial charge is 0.497 e. The summed E-state index contributed by atoms with van der Waals surface area (Å²) in [6, 6.07) is 8.63. The Hall–Kier alpha value is -1.02. The third kappa shape index (κ3) is 3.99. The summed E-state index contributed by atoms with van der Waals surface area (Å²) in [5, 5.41) is 0. The fraction of sp³-hybridized carbons (Fsp3) is 0.667. The Morgan fingerprint density at radius 2 is 2.15 bits per heavy atom. The summed E-state index contributed by atoms with van der Waals surface area (Å²) in [6.07, 6.45) is 5.31. The zero-order valence-electron chi connectivity index (χ0n) is 13.3. The topological polar surface area (TPSA) is 12.5 Å². The molecule has 1 aliphatic heterocycles. The molecule has 0 radical (unpaired) electrons. The predicted molar refractivity (Wildman–Crippen MR) is 85.5 cm³/mol. The summed E-state index contributed by atoms with van der Waals surface area (Å²) in [5.74, 6) is 2.41. The number of ether oxygens (including phenoxy) is 1. The minimum absolute atomic E-state index is 0.688. The molecule has 2 atom stereocenters. The number of benzene rings is 1. The van der Waals surface area contributed by atoms with Crippen LogP contribution in [-0.2, 0) is 0 Å². The van der Waals surface area contributed by atoms with Gasteiger partial charge in [-0.2, -0.15) is 0 Å². The summed E-state index contributed by atoms with van der Waals surface area (Å²) in [7, 11) is 1.75. The van der Waals surface area contributed by atoms with E-state index >= 15 is 0 Å². The lowest BCUT2D eigenvalue weighted by Crippen LogP contribution is -2.38. The SMILES string of the molecule is CCCCCN1CCC(c2cccc(OC)c2)[C@@H](C)C1. The maximum Gasteiger partial charge on any atom is 0.119 e. The molecule has 0 aliphatic carbocycles. The molecule has 20 heavy (non-hydrogen) atoms. The highest BCUT2D eigenvalue weighted by atomic mass is 16.5. The van der Waals surface area contributed by atoms with Gasteiger partial charge < -0.3 is 9.64 Å². The lowest BCUT2D eigenvalue weighted by molar-refractivity contribution is 0.160. The van der Waals surface area contributed by atoms with Crippen LogP contribution in [-0.4, -0.2) is 31.6 Å². The van der Waals surface area contributed by atoms with Gasteiger partial charge in [0, 0.05) is 6.54 Å². The van der Waals surface area contributed by atoms with Gasteiger partial charge in [-0.25, -0.2) is 0 Å². The van der Waals surface area contributed by atoms with E-state index in [2.05, 4.69) is 36.9 Å². The van der Waals surface area contributed by atoms with E-state index in [-0.39, 0.29) is 0 Å². The number of hydrogen-bond acceptors (Lipinski definition) is 2. The van der Waals surface area contributed by atoms with Crippen molar-refractivity contribution in [3.8, 4) is 5.75 Å². The number of hydrogen-bond donors (Lipinski definition) is 0. The maximum absolute atomic E-state index is 5.36. The number of unbranched alkanes of at least 4 members (excludes halogenated alkanes) is 2. The first-order valence-corrected chi connectivity index (χ1v) is 8.11. The van der Waals surface area contributed by atoms with E-state index in [4.69, 9.17) is 4.74 Å². The zero-order valence-corrected chi connectivity index (χ0v) is 13.3. The molecule has 2 nitrogen and oxygen atoms in total. The Labute approximate surface area is 124 Å². The molecule has 0 spiro atoms. The Morgan fingerprint density at radius 3 is 2.85 bits per heavy atom.